The maximum atomic E-state index is 9.92. The Morgan fingerprint density at radius 3 is 2.63 bits per heavy atom. The van der Waals surface area contributed by atoms with Gasteiger partial charge >= 0.3 is 0 Å². The molecule has 0 amide bonds. The number of benzene rings is 1. The minimum absolute atomic E-state index is 0.297. The largest absolute Gasteiger partial charge is 0.489 e. The van der Waals surface area contributed by atoms with Crippen molar-refractivity contribution < 1.29 is 9.84 Å². The lowest BCUT2D eigenvalue weighted by Crippen LogP contribution is -2.31. The Balaban J connectivity index is 2.62. The molecule has 0 fully saturated rings. The van der Waals surface area contributed by atoms with E-state index < -0.39 is 5.60 Å². The zero-order chi connectivity index (χ0) is 14.5. The molecule has 0 bridgehead atoms. The summed E-state index contributed by atoms with van der Waals surface area (Å²) in [6, 6.07) is 6.49. The van der Waals surface area contributed by atoms with Gasteiger partial charge < -0.3 is 15.2 Å². The maximum absolute atomic E-state index is 9.92. The third-order valence-electron chi connectivity index (χ3n) is 3.01. The number of nitrogens with one attached hydrogen (secondary N) is 1. The second-order valence-corrected chi connectivity index (χ2v) is 6.29. The first-order valence-corrected chi connectivity index (χ1v) is 7.50. The van der Waals surface area contributed by atoms with Crippen molar-refractivity contribution in [3.63, 3.8) is 0 Å². The molecule has 0 saturated carbocycles. The number of halogens is 1. The molecule has 0 aliphatic heterocycles. The van der Waals surface area contributed by atoms with Gasteiger partial charge in [0, 0.05) is 12.6 Å². The lowest BCUT2D eigenvalue weighted by atomic mass is 10.1. The fraction of sp³-hybridized carbons (Fsp3) is 0.600. The molecule has 2 N–H and O–H groups in total. The first-order chi connectivity index (χ1) is 8.84. The fourth-order valence-electron chi connectivity index (χ4n) is 1.43. The predicted octanol–water partition coefficient (Wildman–Crippen LogP) is 3.49. The first kappa shape index (κ1) is 16.5. The van der Waals surface area contributed by atoms with E-state index in [4.69, 9.17) is 4.74 Å². The van der Waals surface area contributed by atoms with Crippen LogP contribution in [0.5, 0.6) is 5.75 Å². The quantitative estimate of drug-likeness (QED) is 0.804. The van der Waals surface area contributed by atoms with Gasteiger partial charge in [0.05, 0.1) is 10.1 Å². The number of ether oxygens (including phenoxy) is 1. The summed E-state index contributed by atoms with van der Waals surface area (Å²) < 4.78 is 6.57. The van der Waals surface area contributed by atoms with Crippen molar-refractivity contribution in [2.75, 3.05) is 6.61 Å². The molecule has 3 nitrogen and oxygen atoms in total. The lowest BCUT2D eigenvalue weighted by molar-refractivity contribution is 0.00823. The summed E-state index contributed by atoms with van der Waals surface area (Å²) in [6.45, 7) is 9.11. The maximum Gasteiger partial charge on any atom is 0.133 e. The first-order valence-electron chi connectivity index (χ1n) is 6.71. The van der Waals surface area contributed by atoms with E-state index in [-0.39, 0.29) is 0 Å². The smallest absolute Gasteiger partial charge is 0.133 e. The van der Waals surface area contributed by atoms with Crippen LogP contribution >= 0.6 is 15.9 Å². The Hall–Kier alpha value is -0.580. The Morgan fingerprint density at radius 1 is 1.42 bits per heavy atom. The fourth-order valence-corrected chi connectivity index (χ4v) is 1.97. The van der Waals surface area contributed by atoms with E-state index in [1.54, 1.807) is 6.92 Å². The van der Waals surface area contributed by atoms with Crippen molar-refractivity contribution >= 4 is 15.9 Å². The molecule has 1 aromatic rings. The van der Waals surface area contributed by atoms with Crippen molar-refractivity contribution in [1.82, 2.24) is 5.32 Å². The van der Waals surface area contributed by atoms with Crippen LogP contribution in [-0.2, 0) is 6.54 Å². The Kier molecular flexibility index (Phi) is 6.30. The van der Waals surface area contributed by atoms with E-state index >= 15 is 0 Å². The second-order valence-electron chi connectivity index (χ2n) is 5.44. The molecule has 0 aromatic heterocycles. The molecular weight excluding hydrogens is 306 g/mol. The Morgan fingerprint density at radius 2 is 2.11 bits per heavy atom. The summed E-state index contributed by atoms with van der Waals surface area (Å²) in [4.78, 5) is 0. The summed E-state index contributed by atoms with van der Waals surface area (Å²) in [6.07, 6.45) is 0.668. The highest BCUT2D eigenvalue weighted by molar-refractivity contribution is 9.10. The molecule has 0 heterocycles. The van der Waals surface area contributed by atoms with Crippen molar-refractivity contribution in [3.05, 3.63) is 28.2 Å². The zero-order valence-corrected chi connectivity index (χ0v) is 13.8. The van der Waals surface area contributed by atoms with E-state index in [1.807, 2.05) is 25.1 Å². The van der Waals surface area contributed by atoms with Crippen LogP contribution in [0.4, 0.5) is 0 Å². The van der Waals surface area contributed by atoms with Crippen molar-refractivity contribution in [2.24, 2.45) is 0 Å². The van der Waals surface area contributed by atoms with Crippen LogP contribution in [0.25, 0.3) is 0 Å². The molecule has 4 heteroatoms. The summed E-state index contributed by atoms with van der Waals surface area (Å²) in [5, 5.41) is 13.3. The van der Waals surface area contributed by atoms with Gasteiger partial charge in [-0.2, -0.15) is 0 Å². The van der Waals surface area contributed by atoms with Gasteiger partial charge in [0.15, 0.2) is 0 Å². The molecule has 0 radical (unpaired) electrons. The van der Waals surface area contributed by atoms with Gasteiger partial charge in [0.1, 0.15) is 12.4 Å². The van der Waals surface area contributed by atoms with Crippen LogP contribution in [-0.4, -0.2) is 23.4 Å². The summed E-state index contributed by atoms with van der Waals surface area (Å²) in [7, 11) is 0. The Labute approximate surface area is 124 Å². The Bertz CT molecular complexity index is 405. The normalized spacial score (nSPS) is 14.5. The number of hydrogen-bond acceptors (Lipinski definition) is 3. The molecule has 0 saturated heterocycles. The summed E-state index contributed by atoms with van der Waals surface area (Å²) in [5.74, 6) is 0.766. The van der Waals surface area contributed by atoms with E-state index in [2.05, 4.69) is 35.1 Å². The SMILES string of the molecule is CCC(C)(O)COc1ccc(CNC(C)C)cc1Br. The highest BCUT2D eigenvalue weighted by atomic mass is 79.9. The minimum atomic E-state index is -0.780. The van der Waals surface area contributed by atoms with Crippen LogP contribution in [0, 0.1) is 0 Å². The van der Waals surface area contributed by atoms with E-state index in [0.29, 0.717) is 19.1 Å². The van der Waals surface area contributed by atoms with Gasteiger partial charge in [0.2, 0.25) is 0 Å². The number of rotatable bonds is 7. The molecule has 1 unspecified atom stereocenters. The van der Waals surface area contributed by atoms with Crippen LogP contribution in [0.3, 0.4) is 0 Å². The third-order valence-corrected chi connectivity index (χ3v) is 3.63. The van der Waals surface area contributed by atoms with Crippen molar-refractivity contribution in [3.8, 4) is 5.75 Å². The van der Waals surface area contributed by atoms with E-state index in [0.717, 1.165) is 16.8 Å². The molecule has 108 valence electrons. The molecule has 1 atom stereocenters. The molecule has 1 rings (SSSR count). The highest BCUT2D eigenvalue weighted by Gasteiger charge is 2.19. The average molecular weight is 330 g/mol. The van der Waals surface area contributed by atoms with Gasteiger partial charge in [0.25, 0.3) is 0 Å². The molecule has 19 heavy (non-hydrogen) atoms. The number of hydrogen-bond donors (Lipinski definition) is 2. The zero-order valence-electron chi connectivity index (χ0n) is 12.2. The van der Waals surface area contributed by atoms with Crippen LogP contribution in [0.1, 0.15) is 39.7 Å². The number of aliphatic hydroxyl groups is 1. The van der Waals surface area contributed by atoms with E-state index in [9.17, 15) is 5.11 Å². The molecular formula is C15H24BrNO2. The molecule has 1 aromatic carbocycles. The van der Waals surface area contributed by atoms with Gasteiger partial charge in [-0.05, 0) is 47.0 Å². The van der Waals surface area contributed by atoms with Gasteiger partial charge in [-0.15, -0.1) is 0 Å². The third kappa shape index (κ3) is 5.93. The second kappa shape index (κ2) is 7.27. The predicted molar refractivity (Wildman–Crippen MR) is 82.5 cm³/mol. The standard InChI is InChI=1S/C15H24BrNO2/c1-5-15(4,18)10-19-14-7-6-12(8-13(14)16)9-17-11(2)3/h6-8,11,17-18H,5,9-10H2,1-4H3. The van der Waals surface area contributed by atoms with Crippen molar-refractivity contribution in [1.29, 1.82) is 0 Å². The summed E-state index contributed by atoms with van der Waals surface area (Å²) >= 11 is 3.51. The molecule has 0 spiro atoms. The van der Waals surface area contributed by atoms with Gasteiger partial charge in [-0.3, -0.25) is 0 Å². The van der Waals surface area contributed by atoms with Crippen LogP contribution in [0.2, 0.25) is 0 Å². The molecule has 0 aliphatic carbocycles. The molecule has 0 aliphatic rings. The summed E-state index contributed by atoms with van der Waals surface area (Å²) in [5.41, 5.74) is 0.423. The highest BCUT2D eigenvalue weighted by Crippen LogP contribution is 2.27. The monoisotopic (exact) mass is 329 g/mol. The minimum Gasteiger partial charge on any atom is -0.489 e. The van der Waals surface area contributed by atoms with Gasteiger partial charge in [-0.25, -0.2) is 0 Å². The topological polar surface area (TPSA) is 41.5 Å². The lowest BCUT2D eigenvalue weighted by Gasteiger charge is -2.22. The van der Waals surface area contributed by atoms with E-state index in [1.165, 1.54) is 5.56 Å². The van der Waals surface area contributed by atoms with Crippen LogP contribution in [0.15, 0.2) is 22.7 Å². The van der Waals surface area contributed by atoms with Crippen LogP contribution < -0.4 is 10.1 Å². The average Bonchev–Trinajstić information content (AvgIpc) is 2.35. The van der Waals surface area contributed by atoms with Crippen molar-refractivity contribution in [2.45, 2.75) is 52.3 Å². The van der Waals surface area contributed by atoms with Gasteiger partial charge in [-0.1, -0.05) is 26.8 Å².